The second-order valence-corrected chi connectivity index (χ2v) is 4.21. The summed E-state index contributed by atoms with van der Waals surface area (Å²) in [6.07, 6.45) is 1.22. The molecule has 0 heterocycles. The molecule has 1 aromatic rings. The molecule has 0 aliphatic carbocycles. The Labute approximate surface area is 97.5 Å². The van der Waals surface area contributed by atoms with Crippen LogP contribution < -0.4 is 11.5 Å². The van der Waals surface area contributed by atoms with Gasteiger partial charge in [0.2, 0.25) is 0 Å². The number of anilines is 2. The summed E-state index contributed by atoms with van der Waals surface area (Å²) >= 11 is 0. The molecule has 1 unspecified atom stereocenters. The molecule has 0 saturated heterocycles. The van der Waals surface area contributed by atoms with E-state index in [4.69, 9.17) is 11.5 Å². The van der Waals surface area contributed by atoms with Gasteiger partial charge >= 0.3 is 0 Å². The number of aliphatic hydroxyl groups is 1. The smallest absolute Gasteiger partial charge is 0.0785 e. The van der Waals surface area contributed by atoms with Gasteiger partial charge < -0.3 is 16.6 Å². The minimum absolute atomic E-state index is 0.543. The van der Waals surface area contributed by atoms with E-state index < -0.39 is 6.10 Å². The Morgan fingerprint density at radius 3 is 1.94 bits per heavy atom. The van der Waals surface area contributed by atoms with Gasteiger partial charge in [0.15, 0.2) is 0 Å². The SMILES string of the molecule is CCc1c(C)c(N)c(N)c(C(C)O)c1CC. The van der Waals surface area contributed by atoms with Crippen LogP contribution in [0.2, 0.25) is 0 Å². The quantitative estimate of drug-likeness (QED) is 0.687. The van der Waals surface area contributed by atoms with E-state index in [9.17, 15) is 5.11 Å². The van der Waals surface area contributed by atoms with Crippen LogP contribution in [0.5, 0.6) is 0 Å². The van der Waals surface area contributed by atoms with Gasteiger partial charge in [-0.3, -0.25) is 0 Å². The first-order valence-corrected chi connectivity index (χ1v) is 5.82. The monoisotopic (exact) mass is 222 g/mol. The maximum absolute atomic E-state index is 9.82. The van der Waals surface area contributed by atoms with Crippen LogP contribution in [0, 0.1) is 6.92 Å². The lowest BCUT2D eigenvalue weighted by atomic mass is 9.88. The highest BCUT2D eigenvalue weighted by Crippen LogP contribution is 2.36. The molecular formula is C13H22N2O. The molecule has 1 atom stereocenters. The summed E-state index contributed by atoms with van der Waals surface area (Å²) in [7, 11) is 0. The van der Waals surface area contributed by atoms with Gasteiger partial charge in [0, 0.05) is 5.56 Å². The fraction of sp³-hybridized carbons (Fsp3) is 0.538. The zero-order valence-electron chi connectivity index (χ0n) is 10.6. The predicted octanol–water partition coefficient (Wildman–Crippen LogP) is 2.34. The lowest BCUT2D eigenvalue weighted by Gasteiger charge is -2.22. The Morgan fingerprint density at radius 1 is 1.06 bits per heavy atom. The van der Waals surface area contributed by atoms with Gasteiger partial charge in [-0.05, 0) is 43.4 Å². The van der Waals surface area contributed by atoms with E-state index in [1.54, 1.807) is 6.92 Å². The van der Waals surface area contributed by atoms with Crippen LogP contribution in [0.3, 0.4) is 0 Å². The third-order valence-electron chi connectivity index (χ3n) is 3.25. The van der Waals surface area contributed by atoms with Gasteiger partial charge in [0.1, 0.15) is 0 Å². The molecule has 0 saturated carbocycles. The Bertz CT molecular complexity index is 398. The summed E-state index contributed by atoms with van der Waals surface area (Å²) in [5, 5.41) is 9.82. The van der Waals surface area contributed by atoms with Crippen molar-refractivity contribution in [3.8, 4) is 0 Å². The highest BCUT2D eigenvalue weighted by atomic mass is 16.3. The van der Waals surface area contributed by atoms with E-state index in [0.717, 1.165) is 29.5 Å². The fourth-order valence-corrected chi connectivity index (χ4v) is 2.42. The number of aliphatic hydroxyl groups excluding tert-OH is 1. The van der Waals surface area contributed by atoms with E-state index >= 15 is 0 Å². The Balaban J connectivity index is 3.65. The Morgan fingerprint density at radius 2 is 1.56 bits per heavy atom. The molecule has 0 aromatic heterocycles. The molecule has 1 rings (SSSR count). The highest BCUT2D eigenvalue weighted by molar-refractivity contribution is 5.75. The Kier molecular flexibility index (Phi) is 3.81. The minimum Gasteiger partial charge on any atom is -0.397 e. The highest BCUT2D eigenvalue weighted by Gasteiger charge is 2.19. The van der Waals surface area contributed by atoms with Crippen molar-refractivity contribution in [2.24, 2.45) is 0 Å². The van der Waals surface area contributed by atoms with Crippen LogP contribution in [0.15, 0.2) is 0 Å². The first-order chi connectivity index (χ1) is 7.45. The molecule has 3 nitrogen and oxygen atoms in total. The number of nitrogen functional groups attached to an aromatic ring is 2. The van der Waals surface area contributed by atoms with Crippen LogP contribution >= 0.6 is 0 Å². The van der Waals surface area contributed by atoms with Gasteiger partial charge in [-0.1, -0.05) is 13.8 Å². The maximum Gasteiger partial charge on any atom is 0.0785 e. The maximum atomic E-state index is 9.82. The molecule has 16 heavy (non-hydrogen) atoms. The van der Waals surface area contributed by atoms with Crippen LogP contribution in [-0.2, 0) is 12.8 Å². The van der Waals surface area contributed by atoms with E-state index in [-0.39, 0.29) is 0 Å². The first kappa shape index (κ1) is 12.8. The molecular weight excluding hydrogens is 200 g/mol. The standard InChI is InChI=1S/C13H22N2O/c1-5-9-7(3)12(14)13(15)11(8(4)16)10(9)6-2/h8,16H,5-6,14-15H2,1-4H3. The van der Waals surface area contributed by atoms with Crippen molar-refractivity contribution in [3.05, 3.63) is 22.3 Å². The predicted molar refractivity (Wildman–Crippen MR) is 69.4 cm³/mol. The van der Waals surface area contributed by atoms with Gasteiger partial charge in [-0.15, -0.1) is 0 Å². The third kappa shape index (κ3) is 1.87. The molecule has 3 heteroatoms. The summed E-state index contributed by atoms with van der Waals surface area (Å²) in [5.74, 6) is 0. The number of benzene rings is 1. The normalized spacial score (nSPS) is 12.8. The lowest BCUT2D eigenvalue weighted by Crippen LogP contribution is -2.12. The number of rotatable bonds is 3. The lowest BCUT2D eigenvalue weighted by molar-refractivity contribution is 0.199. The van der Waals surface area contributed by atoms with Gasteiger partial charge in [0.25, 0.3) is 0 Å². The van der Waals surface area contributed by atoms with E-state index in [0.29, 0.717) is 11.4 Å². The van der Waals surface area contributed by atoms with E-state index in [1.807, 2.05) is 6.92 Å². The number of nitrogens with two attached hydrogens (primary N) is 2. The van der Waals surface area contributed by atoms with E-state index in [2.05, 4.69) is 13.8 Å². The molecule has 0 fully saturated rings. The molecule has 1 aromatic carbocycles. The fourth-order valence-electron chi connectivity index (χ4n) is 2.42. The van der Waals surface area contributed by atoms with Crippen LogP contribution in [-0.4, -0.2) is 5.11 Å². The molecule has 0 radical (unpaired) electrons. The third-order valence-corrected chi connectivity index (χ3v) is 3.25. The molecule has 0 bridgehead atoms. The second kappa shape index (κ2) is 4.74. The van der Waals surface area contributed by atoms with Crippen molar-refractivity contribution in [3.63, 3.8) is 0 Å². The van der Waals surface area contributed by atoms with Crippen LogP contribution in [0.25, 0.3) is 0 Å². The zero-order chi connectivity index (χ0) is 12.5. The topological polar surface area (TPSA) is 72.3 Å². The molecule has 90 valence electrons. The van der Waals surface area contributed by atoms with Crippen molar-refractivity contribution in [1.29, 1.82) is 0 Å². The first-order valence-electron chi connectivity index (χ1n) is 5.82. The van der Waals surface area contributed by atoms with Crippen LogP contribution in [0.1, 0.15) is 49.1 Å². The largest absolute Gasteiger partial charge is 0.397 e. The minimum atomic E-state index is -0.567. The van der Waals surface area contributed by atoms with Crippen LogP contribution in [0.4, 0.5) is 11.4 Å². The zero-order valence-corrected chi connectivity index (χ0v) is 10.6. The molecule has 0 spiro atoms. The van der Waals surface area contributed by atoms with Gasteiger partial charge in [0.05, 0.1) is 17.5 Å². The number of hydrogen-bond acceptors (Lipinski definition) is 3. The average Bonchev–Trinajstić information content (AvgIpc) is 2.24. The molecule has 0 aliphatic heterocycles. The molecule has 5 N–H and O–H groups in total. The Hall–Kier alpha value is -1.22. The summed E-state index contributed by atoms with van der Waals surface area (Å²) < 4.78 is 0. The average molecular weight is 222 g/mol. The van der Waals surface area contributed by atoms with Crippen molar-refractivity contribution in [1.82, 2.24) is 0 Å². The van der Waals surface area contributed by atoms with Crippen molar-refractivity contribution < 1.29 is 5.11 Å². The van der Waals surface area contributed by atoms with E-state index in [1.165, 1.54) is 5.56 Å². The van der Waals surface area contributed by atoms with Crippen molar-refractivity contribution >= 4 is 11.4 Å². The molecule has 0 aliphatic rings. The summed E-state index contributed by atoms with van der Waals surface area (Å²) in [6.45, 7) is 7.91. The second-order valence-electron chi connectivity index (χ2n) is 4.21. The summed E-state index contributed by atoms with van der Waals surface area (Å²) in [4.78, 5) is 0. The van der Waals surface area contributed by atoms with Crippen molar-refractivity contribution in [2.45, 2.75) is 46.6 Å². The number of hydrogen-bond donors (Lipinski definition) is 3. The van der Waals surface area contributed by atoms with Gasteiger partial charge in [-0.25, -0.2) is 0 Å². The summed E-state index contributed by atoms with van der Waals surface area (Å²) in [5.41, 5.74) is 17.4. The van der Waals surface area contributed by atoms with Crippen molar-refractivity contribution in [2.75, 3.05) is 11.5 Å². The summed E-state index contributed by atoms with van der Waals surface area (Å²) in [6, 6.07) is 0. The molecule has 0 amide bonds. The van der Waals surface area contributed by atoms with Gasteiger partial charge in [-0.2, -0.15) is 0 Å².